The first-order valence-corrected chi connectivity index (χ1v) is 6.35. The third-order valence-electron chi connectivity index (χ3n) is 3.38. The third kappa shape index (κ3) is 3.19. The van der Waals surface area contributed by atoms with Gasteiger partial charge in [0.2, 0.25) is 0 Å². The Bertz CT molecular complexity index is 424. The number of hydrogen-bond donors (Lipinski definition) is 0. The lowest BCUT2D eigenvalue weighted by molar-refractivity contribution is -0.121. The lowest BCUT2D eigenvalue weighted by Crippen LogP contribution is -2.33. The van der Waals surface area contributed by atoms with Gasteiger partial charge < -0.3 is 4.90 Å². The zero-order chi connectivity index (χ0) is 13.0. The summed E-state index contributed by atoms with van der Waals surface area (Å²) in [4.78, 5) is 13.3. The van der Waals surface area contributed by atoms with Crippen molar-refractivity contribution in [1.29, 1.82) is 0 Å². The number of carbonyl (C=O) groups excluding carboxylic acids is 1. The lowest BCUT2D eigenvalue weighted by atomic mass is 9.93. The Hall–Kier alpha value is -1.64. The molecule has 0 aromatic heterocycles. The van der Waals surface area contributed by atoms with E-state index in [1.54, 1.807) is 12.2 Å². The Morgan fingerprint density at radius 2 is 2.06 bits per heavy atom. The van der Waals surface area contributed by atoms with Crippen molar-refractivity contribution in [2.45, 2.75) is 38.1 Å². The molecule has 0 aromatic rings. The molecular weight excluding hydrogens is 229 g/mol. The number of hydrogen-bond acceptors (Lipinski definition) is 2. The summed E-state index contributed by atoms with van der Waals surface area (Å²) in [6, 6.07) is 0.303. The predicted octanol–water partition coefficient (Wildman–Crippen LogP) is 3.64. The molecule has 1 fully saturated rings. The van der Waals surface area contributed by atoms with Crippen LogP contribution < -0.4 is 0 Å². The van der Waals surface area contributed by atoms with E-state index in [0.717, 1.165) is 18.5 Å². The number of nitrogens with zero attached hydrogens (tertiary/aromatic N) is 1. The SMILES string of the molecule is C=C1/C=C\C=C(\F)C/C=C\N1C1CCC(=O)CC1. The Balaban J connectivity index is 2.11. The fourth-order valence-electron chi connectivity index (χ4n) is 2.35. The molecule has 0 radical (unpaired) electrons. The van der Waals surface area contributed by atoms with Crippen molar-refractivity contribution in [3.05, 3.63) is 48.6 Å². The molecule has 0 spiro atoms. The van der Waals surface area contributed by atoms with Crippen LogP contribution in [-0.2, 0) is 4.79 Å². The molecule has 0 saturated heterocycles. The molecule has 18 heavy (non-hydrogen) atoms. The summed E-state index contributed by atoms with van der Waals surface area (Å²) in [5.41, 5.74) is 0.844. The maximum absolute atomic E-state index is 13.2. The van der Waals surface area contributed by atoms with Crippen molar-refractivity contribution in [3.8, 4) is 0 Å². The minimum absolute atomic E-state index is 0.157. The first kappa shape index (κ1) is 12.8. The molecule has 2 aliphatic rings. The second-order valence-electron chi connectivity index (χ2n) is 4.73. The number of carbonyl (C=O) groups is 1. The summed E-state index contributed by atoms with van der Waals surface area (Å²) in [6.45, 7) is 4.01. The monoisotopic (exact) mass is 247 g/mol. The summed E-state index contributed by atoms with van der Waals surface area (Å²) in [6.07, 6.45) is 11.9. The topological polar surface area (TPSA) is 20.3 Å². The van der Waals surface area contributed by atoms with Crippen LogP contribution in [0.3, 0.4) is 0 Å². The molecule has 1 heterocycles. The molecule has 0 bridgehead atoms. The fraction of sp³-hybridized carbons (Fsp3) is 0.400. The van der Waals surface area contributed by atoms with Gasteiger partial charge in [0, 0.05) is 37.2 Å². The molecule has 0 N–H and O–H groups in total. The van der Waals surface area contributed by atoms with Gasteiger partial charge in [-0.05, 0) is 25.0 Å². The van der Waals surface area contributed by atoms with Crippen LogP contribution in [0.25, 0.3) is 0 Å². The molecule has 96 valence electrons. The summed E-state index contributed by atoms with van der Waals surface area (Å²) < 4.78 is 13.2. The van der Waals surface area contributed by atoms with Crippen LogP contribution in [0.4, 0.5) is 4.39 Å². The van der Waals surface area contributed by atoms with Gasteiger partial charge in [-0.15, -0.1) is 0 Å². The van der Waals surface area contributed by atoms with E-state index >= 15 is 0 Å². The zero-order valence-electron chi connectivity index (χ0n) is 10.4. The van der Waals surface area contributed by atoms with Crippen molar-refractivity contribution in [3.63, 3.8) is 0 Å². The number of ketones is 1. The molecule has 1 saturated carbocycles. The van der Waals surface area contributed by atoms with Crippen molar-refractivity contribution < 1.29 is 9.18 Å². The summed E-state index contributed by atoms with van der Waals surface area (Å²) in [5, 5.41) is 0. The van der Waals surface area contributed by atoms with Gasteiger partial charge in [0.05, 0.1) is 0 Å². The van der Waals surface area contributed by atoms with Crippen LogP contribution in [0.1, 0.15) is 32.1 Å². The van der Waals surface area contributed by atoms with E-state index in [0.29, 0.717) is 31.1 Å². The zero-order valence-corrected chi connectivity index (χ0v) is 10.4. The minimum Gasteiger partial charge on any atom is -0.346 e. The van der Waals surface area contributed by atoms with Gasteiger partial charge in [-0.1, -0.05) is 18.7 Å². The average Bonchev–Trinajstić information content (AvgIpc) is 2.42. The molecule has 0 amide bonds. The highest BCUT2D eigenvalue weighted by Crippen LogP contribution is 2.25. The number of allylic oxidation sites excluding steroid dienone is 5. The Kier molecular flexibility index (Phi) is 4.13. The van der Waals surface area contributed by atoms with Gasteiger partial charge in [-0.3, -0.25) is 4.79 Å². The van der Waals surface area contributed by atoms with E-state index in [4.69, 9.17) is 0 Å². The molecule has 1 aliphatic carbocycles. The van der Waals surface area contributed by atoms with Crippen LogP contribution in [0.5, 0.6) is 0 Å². The van der Waals surface area contributed by atoms with Crippen molar-refractivity contribution in [2.75, 3.05) is 0 Å². The number of halogens is 1. The molecule has 2 nitrogen and oxygen atoms in total. The molecule has 0 aromatic carbocycles. The van der Waals surface area contributed by atoms with Gasteiger partial charge in [-0.2, -0.15) is 0 Å². The van der Waals surface area contributed by atoms with Crippen LogP contribution in [0.2, 0.25) is 0 Å². The van der Waals surface area contributed by atoms with Gasteiger partial charge in [0.15, 0.2) is 0 Å². The number of Topliss-reactive ketones (excluding diaryl/α,β-unsaturated/α-hetero) is 1. The van der Waals surface area contributed by atoms with E-state index in [-0.39, 0.29) is 5.83 Å². The third-order valence-corrected chi connectivity index (χ3v) is 3.38. The quantitative estimate of drug-likeness (QED) is 0.705. The highest BCUT2D eigenvalue weighted by molar-refractivity contribution is 5.79. The Morgan fingerprint density at radius 1 is 1.33 bits per heavy atom. The normalized spacial score (nSPS) is 28.9. The Morgan fingerprint density at radius 3 is 2.78 bits per heavy atom. The summed E-state index contributed by atoms with van der Waals surface area (Å²) in [7, 11) is 0. The first-order chi connectivity index (χ1) is 8.66. The van der Waals surface area contributed by atoms with E-state index in [9.17, 15) is 9.18 Å². The Labute approximate surface area is 107 Å². The highest BCUT2D eigenvalue weighted by atomic mass is 19.1. The van der Waals surface area contributed by atoms with Crippen molar-refractivity contribution >= 4 is 5.78 Å². The standard InChI is InChI=1S/C15H18FNO/c1-12-4-2-5-13(16)6-3-11-17(12)14-7-9-15(18)10-8-14/h2-5,11,14H,1,6-10H2/b4-2-,11-3-,13-5+. The second kappa shape index (κ2) is 5.80. The predicted molar refractivity (Wildman–Crippen MR) is 70.3 cm³/mol. The smallest absolute Gasteiger partial charge is 0.133 e. The van der Waals surface area contributed by atoms with Crippen molar-refractivity contribution in [1.82, 2.24) is 4.90 Å². The minimum atomic E-state index is -0.157. The van der Waals surface area contributed by atoms with Crippen LogP contribution in [0, 0.1) is 0 Å². The van der Waals surface area contributed by atoms with Gasteiger partial charge in [0.25, 0.3) is 0 Å². The molecular formula is C15H18FNO. The van der Waals surface area contributed by atoms with Gasteiger partial charge in [0.1, 0.15) is 11.6 Å². The van der Waals surface area contributed by atoms with Gasteiger partial charge in [-0.25, -0.2) is 4.39 Å². The number of rotatable bonds is 1. The highest BCUT2D eigenvalue weighted by Gasteiger charge is 2.23. The summed E-state index contributed by atoms with van der Waals surface area (Å²) in [5.74, 6) is 0.185. The molecule has 3 heteroatoms. The fourth-order valence-corrected chi connectivity index (χ4v) is 2.35. The molecule has 1 aliphatic heterocycles. The van der Waals surface area contributed by atoms with E-state index in [1.165, 1.54) is 6.08 Å². The van der Waals surface area contributed by atoms with Crippen LogP contribution >= 0.6 is 0 Å². The largest absolute Gasteiger partial charge is 0.346 e. The molecule has 0 unspecified atom stereocenters. The molecule has 2 rings (SSSR count). The van der Waals surface area contributed by atoms with Crippen LogP contribution in [-0.4, -0.2) is 16.7 Å². The van der Waals surface area contributed by atoms with E-state index < -0.39 is 0 Å². The molecule has 0 atom stereocenters. The second-order valence-corrected chi connectivity index (χ2v) is 4.73. The van der Waals surface area contributed by atoms with Crippen molar-refractivity contribution in [2.24, 2.45) is 0 Å². The average molecular weight is 247 g/mol. The first-order valence-electron chi connectivity index (χ1n) is 6.35. The van der Waals surface area contributed by atoms with E-state index in [2.05, 4.69) is 11.5 Å². The van der Waals surface area contributed by atoms with Crippen LogP contribution in [0.15, 0.2) is 48.6 Å². The van der Waals surface area contributed by atoms with E-state index in [1.807, 2.05) is 12.3 Å². The summed E-state index contributed by atoms with van der Waals surface area (Å²) >= 11 is 0. The lowest BCUT2D eigenvalue weighted by Gasteiger charge is -2.33. The van der Waals surface area contributed by atoms with Gasteiger partial charge >= 0.3 is 0 Å². The maximum Gasteiger partial charge on any atom is 0.133 e. The maximum atomic E-state index is 13.2.